The van der Waals surface area contributed by atoms with E-state index in [0.717, 1.165) is 5.56 Å². The summed E-state index contributed by atoms with van der Waals surface area (Å²) >= 11 is 0. The number of nitrogens with zero attached hydrogens (tertiary/aromatic N) is 3. The first-order valence-electron chi connectivity index (χ1n) is 5.13. The van der Waals surface area contributed by atoms with Crippen molar-refractivity contribution < 1.29 is 10.2 Å². The molecule has 2 rings (SSSR count). The van der Waals surface area contributed by atoms with Crippen LogP contribution in [-0.4, -0.2) is 45.4 Å². The third-order valence-electron chi connectivity index (χ3n) is 2.73. The highest BCUT2D eigenvalue weighted by molar-refractivity contribution is 5.30. The number of hydrogen-bond acceptors (Lipinski definition) is 5. The highest BCUT2D eigenvalue weighted by Gasteiger charge is 2.29. The molecule has 0 saturated carbocycles. The first kappa shape index (κ1) is 11.0. The summed E-state index contributed by atoms with van der Waals surface area (Å²) in [7, 11) is 0. The Kier molecular flexibility index (Phi) is 3.15. The van der Waals surface area contributed by atoms with Crippen LogP contribution in [0.5, 0.6) is 0 Å². The lowest BCUT2D eigenvalue weighted by Crippen LogP contribution is -2.22. The van der Waals surface area contributed by atoms with Gasteiger partial charge in [-0.25, -0.2) is 4.98 Å². The van der Waals surface area contributed by atoms with Crippen molar-refractivity contribution >= 4 is 0 Å². The number of likely N-dealkylation sites (tertiary alicyclic amines) is 1. The van der Waals surface area contributed by atoms with Crippen LogP contribution in [0.15, 0.2) is 18.3 Å². The van der Waals surface area contributed by atoms with Gasteiger partial charge in [-0.05, 0) is 6.07 Å². The lowest BCUT2D eigenvalue weighted by Gasteiger charge is -2.14. The van der Waals surface area contributed by atoms with E-state index in [1.807, 2.05) is 17.0 Å². The van der Waals surface area contributed by atoms with Crippen molar-refractivity contribution in [1.29, 1.82) is 5.26 Å². The zero-order chi connectivity index (χ0) is 11.5. The normalized spacial score (nSPS) is 25.6. The number of aromatic nitrogens is 1. The Hall–Kier alpha value is -1.48. The second kappa shape index (κ2) is 4.58. The number of pyridine rings is 1. The summed E-state index contributed by atoms with van der Waals surface area (Å²) in [6, 6.07) is 5.64. The Morgan fingerprint density at radius 2 is 2.12 bits per heavy atom. The fraction of sp³-hybridized carbons (Fsp3) is 0.455. The first-order valence-corrected chi connectivity index (χ1v) is 5.13. The van der Waals surface area contributed by atoms with Crippen molar-refractivity contribution in [3.8, 4) is 6.07 Å². The summed E-state index contributed by atoms with van der Waals surface area (Å²) in [5, 5.41) is 27.7. The molecule has 1 aliphatic heterocycles. The zero-order valence-electron chi connectivity index (χ0n) is 8.74. The maximum Gasteiger partial charge on any atom is 0.144 e. The van der Waals surface area contributed by atoms with Crippen LogP contribution in [0.25, 0.3) is 0 Å². The minimum Gasteiger partial charge on any atom is -0.389 e. The Morgan fingerprint density at radius 3 is 2.75 bits per heavy atom. The molecule has 1 saturated heterocycles. The molecule has 2 heterocycles. The predicted octanol–water partition coefficient (Wildman–Crippen LogP) is -0.509. The van der Waals surface area contributed by atoms with Gasteiger partial charge in [-0.15, -0.1) is 0 Å². The van der Waals surface area contributed by atoms with Gasteiger partial charge in [0.25, 0.3) is 0 Å². The quantitative estimate of drug-likeness (QED) is 0.700. The number of aliphatic hydroxyl groups is 2. The van der Waals surface area contributed by atoms with E-state index in [1.54, 1.807) is 12.3 Å². The molecule has 0 bridgehead atoms. The number of aliphatic hydroxyl groups excluding tert-OH is 2. The van der Waals surface area contributed by atoms with Crippen molar-refractivity contribution in [2.45, 2.75) is 18.8 Å². The van der Waals surface area contributed by atoms with Gasteiger partial charge in [-0.3, -0.25) is 4.90 Å². The summed E-state index contributed by atoms with van der Waals surface area (Å²) in [5.41, 5.74) is 1.23. The van der Waals surface area contributed by atoms with Gasteiger partial charge < -0.3 is 10.2 Å². The molecule has 0 radical (unpaired) electrons. The summed E-state index contributed by atoms with van der Waals surface area (Å²) < 4.78 is 0. The number of β-amino-alcohol motifs (C(OH)–C–C–N with tert-alkyl or cyclic N) is 2. The van der Waals surface area contributed by atoms with Crippen LogP contribution in [-0.2, 0) is 6.54 Å². The molecule has 84 valence electrons. The molecular formula is C11H13N3O2. The average molecular weight is 219 g/mol. The van der Waals surface area contributed by atoms with Crippen LogP contribution in [0.2, 0.25) is 0 Å². The molecule has 0 spiro atoms. The van der Waals surface area contributed by atoms with Crippen LogP contribution in [0, 0.1) is 11.3 Å². The lowest BCUT2D eigenvalue weighted by atomic mass is 10.2. The fourth-order valence-corrected chi connectivity index (χ4v) is 1.88. The number of nitriles is 1. The summed E-state index contributed by atoms with van der Waals surface area (Å²) in [4.78, 5) is 5.87. The second-order valence-corrected chi connectivity index (χ2v) is 3.95. The van der Waals surface area contributed by atoms with Gasteiger partial charge >= 0.3 is 0 Å². The molecule has 2 atom stereocenters. The van der Waals surface area contributed by atoms with Gasteiger partial charge in [-0.1, -0.05) is 6.07 Å². The monoisotopic (exact) mass is 219 g/mol. The second-order valence-electron chi connectivity index (χ2n) is 3.95. The molecule has 1 fully saturated rings. The van der Waals surface area contributed by atoms with E-state index in [0.29, 0.717) is 25.3 Å². The molecule has 0 aromatic carbocycles. The van der Waals surface area contributed by atoms with Gasteiger partial charge in [0, 0.05) is 31.4 Å². The van der Waals surface area contributed by atoms with Crippen molar-refractivity contribution in [1.82, 2.24) is 9.88 Å². The van der Waals surface area contributed by atoms with E-state index in [2.05, 4.69) is 4.98 Å². The van der Waals surface area contributed by atoms with Gasteiger partial charge in [0.2, 0.25) is 0 Å². The van der Waals surface area contributed by atoms with Gasteiger partial charge in [0.15, 0.2) is 0 Å². The Labute approximate surface area is 93.6 Å². The Bertz CT molecular complexity index is 406. The van der Waals surface area contributed by atoms with Gasteiger partial charge in [0.05, 0.1) is 12.2 Å². The van der Waals surface area contributed by atoms with Crippen molar-refractivity contribution in [3.63, 3.8) is 0 Å². The summed E-state index contributed by atoms with van der Waals surface area (Å²) in [5.74, 6) is 0. The molecule has 0 amide bonds. The van der Waals surface area contributed by atoms with Crippen LogP contribution < -0.4 is 0 Å². The van der Waals surface area contributed by atoms with Crippen LogP contribution in [0.4, 0.5) is 0 Å². The maximum atomic E-state index is 9.40. The average Bonchev–Trinajstić information content (AvgIpc) is 2.59. The highest BCUT2D eigenvalue weighted by atomic mass is 16.3. The number of rotatable bonds is 2. The molecule has 0 unspecified atom stereocenters. The summed E-state index contributed by atoms with van der Waals surface area (Å²) in [6.07, 6.45) is 0.194. The smallest absolute Gasteiger partial charge is 0.144 e. The van der Waals surface area contributed by atoms with Crippen LogP contribution in [0.1, 0.15) is 11.3 Å². The topological polar surface area (TPSA) is 80.4 Å². The predicted molar refractivity (Wildman–Crippen MR) is 56.2 cm³/mol. The highest BCUT2D eigenvalue weighted by Crippen LogP contribution is 2.15. The molecule has 1 aromatic heterocycles. The van der Waals surface area contributed by atoms with Crippen molar-refractivity contribution in [3.05, 3.63) is 29.6 Å². The van der Waals surface area contributed by atoms with Gasteiger partial charge in [0.1, 0.15) is 11.8 Å². The van der Waals surface area contributed by atoms with E-state index in [1.165, 1.54) is 0 Å². The van der Waals surface area contributed by atoms with E-state index in [9.17, 15) is 10.2 Å². The van der Waals surface area contributed by atoms with Crippen LogP contribution in [0.3, 0.4) is 0 Å². The van der Waals surface area contributed by atoms with E-state index >= 15 is 0 Å². The Morgan fingerprint density at radius 1 is 1.44 bits per heavy atom. The van der Waals surface area contributed by atoms with Crippen molar-refractivity contribution in [2.75, 3.05) is 13.1 Å². The van der Waals surface area contributed by atoms with Crippen LogP contribution >= 0.6 is 0 Å². The van der Waals surface area contributed by atoms with Gasteiger partial charge in [-0.2, -0.15) is 5.26 Å². The molecule has 1 aliphatic rings. The molecule has 5 nitrogen and oxygen atoms in total. The van der Waals surface area contributed by atoms with E-state index < -0.39 is 12.2 Å². The Balaban J connectivity index is 2.08. The third kappa shape index (κ3) is 2.19. The maximum absolute atomic E-state index is 9.40. The van der Waals surface area contributed by atoms with E-state index in [-0.39, 0.29) is 0 Å². The third-order valence-corrected chi connectivity index (χ3v) is 2.73. The first-order chi connectivity index (χ1) is 7.70. The molecule has 1 aromatic rings. The van der Waals surface area contributed by atoms with E-state index in [4.69, 9.17) is 5.26 Å². The standard InChI is InChI=1S/C11H13N3O2/c12-4-9-8(2-1-3-13-9)5-14-6-10(15)11(16)7-14/h1-3,10-11,15-16H,5-7H2/t10-,11+. The molecular weight excluding hydrogens is 206 g/mol. The minimum atomic E-state index is -0.692. The minimum absolute atomic E-state index is 0.401. The summed E-state index contributed by atoms with van der Waals surface area (Å²) in [6.45, 7) is 1.40. The zero-order valence-corrected chi connectivity index (χ0v) is 8.74. The largest absolute Gasteiger partial charge is 0.389 e. The lowest BCUT2D eigenvalue weighted by molar-refractivity contribution is 0.0572. The molecule has 2 N–H and O–H groups in total. The SMILES string of the molecule is N#Cc1ncccc1CN1C[C@@H](O)[C@@H](O)C1. The molecule has 5 heteroatoms. The van der Waals surface area contributed by atoms with Crippen molar-refractivity contribution in [2.24, 2.45) is 0 Å². The molecule has 0 aliphatic carbocycles. The molecule has 16 heavy (non-hydrogen) atoms. The fourth-order valence-electron chi connectivity index (χ4n) is 1.88. The number of hydrogen-bond donors (Lipinski definition) is 2.